The minimum Gasteiger partial charge on any atom is -0.364 e. The molecular weight excluding hydrogens is 220 g/mol. The van der Waals surface area contributed by atoms with E-state index in [4.69, 9.17) is 4.74 Å². The summed E-state index contributed by atoms with van der Waals surface area (Å²) in [5.74, 6) is -2.96. The molecule has 0 aromatic carbocycles. The molecule has 1 heterocycles. The van der Waals surface area contributed by atoms with E-state index in [2.05, 4.69) is 9.05 Å². The molecule has 0 amide bonds. The molecule has 78 valence electrons. The fraction of sp³-hybridized carbons (Fsp3) is 1.00. The lowest BCUT2D eigenvalue weighted by Gasteiger charge is -2.20. The van der Waals surface area contributed by atoms with Gasteiger partial charge in [0.05, 0.1) is 6.61 Å². The predicted molar refractivity (Wildman–Crippen MR) is 49.5 cm³/mol. The zero-order chi connectivity index (χ0) is 10.1. The van der Waals surface area contributed by atoms with Crippen LogP contribution >= 0.6 is 18.9 Å². The van der Waals surface area contributed by atoms with Crippen LogP contribution in [0.4, 0.5) is 8.78 Å². The average molecular weight is 232 g/mol. The van der Waals surface area contributed by atoms with Gasteiger partial charge < -0.3 is 13.8 Å². The molecular formula is C6H12F2O3P2. The van der Waals surface area contributed by atoms with E-state index in [0.717, 1.165) is 0 Å². The second-order valence-corrected chi connectivity index (χ2v) is 3.49. The van der Waals surface area contributed by atoms with Crippen molar-refractivity contribution in [3.8, 4) is 0 Å². The van der Waals surface area contributed by atoms with Gasteiger partial charge in [-0.3, -0.25) is 0 Å². The molecule has 0 aliphatic carbocycles. The van der Waals surface area contributed by atoms with Gasteiger partial charge in [-0.15, -0.1) is 0 Å². The zero-order valence-corrected chi connectivity index (χ0v) is 9.38. The van der Waals surface area contributed by atoms with E-state index >= 15 is 0 Å². The van der Waals surface area contributed by atoms with Crippen LogP contribution in [0, 0.1) is 0 Å². The number of hydrogen-bond acceptors (Lipinski definition) is 3. The number of rotatable bonds is 3. The quantitative estimate of drug-likeness (QED) is 0.688. The van der Waals surface area contributed by atoms with Gasteiger partial charge >= 0.3 is 5.92 Å². The van der Waals surface area contributed by atoms with Crippen LogP contribution in [-0.4, -0.2) is 30.8 Å². The Morgan fingerprint density at radius 3 is 2.54 bits per heavy atom. The van der Waals surface area contributed by atoms with Gasteiger partial charge in [-0.1, -0.05) is 0 Å². The maximum atomic E-state index is 13.3. The van der Waals surface area contributed by atoms with E-state index in [1.165, 1.54) is 6.92 Å². The minimum atomic E-state index is -2.96. The summed E-state index contributed by atoms with van der Waals surface area (Å²) >= 11 is 0. The molecule has 1 fully saturated rings. The highest BCUT2D eigenvalue weighted by molar-refractivity contribution is 7.10. The van der Waals surface area contributed by atoms with E-state index in [1.54, 1.807) is 0 Å². The second kappa shape index (κ2) is 4.41. The van der Waals surface area contributed by atoms with Crippen LogP contribution in [0.1, 0.15) is 6.92 Å². The summed E-state index contributed by atoms with van der Waals surface area (Å²) in [5, 5.41) is 0. The Hall–Kier alpha value is 0.600. The molecule has 1 aliphatic rings. The maximum absolute atomic E-state index is 13.3. The van der Waals surface area contributed by atoms with Gasteiger partial charge in [0.25, 0.3) is 0 Å². The number of alkyl halides is 2. The van der Waals surface area contributed by atoms with Crippen LogP contribution in [0.25, 0.3) is 0 Å². The molecule has 0 radical (unpaired) electrons. The first kappa shape index (κ1) is 11.7. The van der Waals surface area contributed by atoms with Crippen LogP contribution < -0.4 is 0 Å². The highest BCUT2D eigenvalue weighted by atomic mass is 31.0. The molecule has 0 saturated carbocycles. The van der Waals surface area contributed by atoms with Crippen molar-refractivity contribution in [3.05, 3.63) is 0 Å². The molecule has 5 atom stereocenters. The van der Waals surface area contributed by atoms with Crippen LogP contribution in [0.3, 0.4) is 0 Å². The third kappa shape index (κ3) is 2.16. The van der Waals surface area contributed by atoms with Gasteiger partial charge in [-0.2, -0.15) is 0 Å². The van der Waals surface area contributed by atoms with Crippen molar-refractivity contribution in [3.63, 3.8) is 0 Å². The molecule has 0 bridgehead atoms. The Labute approximate surface area is 80.1 Å². The first-order valence-corrected chi connectivity index (χ1v) is 4.68. The van der Waals surface area contributed by atoms with Crippen molar-refractivity contribution in [1.82, 2.24) is 0 Å². The molecule has 1 saturated heterocycles. The lowest BCUT2D eigenvalue weighted by Crippen LogP contribution is -2.40. The van der Waals surface area contributed by atoms with Crippen molar-refractivity contribution in [2.24, 2.45) is 0 Å². The Balaban J connectivity index is 2.70. The zero-order valence-electron chi connectivity index (χ0n) is 7.07. The lowest BCUT2D eigenvalue weighted by molar-refractivity contribution is -0.0942. The summed E-state index contributed by atoms with van der Waals surface area (Å²) in [6.45, 7) is 1.39. The van der Waals surface area contributed by atoms with Crippen molar-refractivity contribution >= 4 is 18.9 Å². The topological polar surface area (TPSA) is 27.7 Å². The fourth-order valence-corrected chi connectivity index (χ4v) is 1.85. The Morgan fingerprint density at radius 1 is 1.46 bits per heavy atom. The molecule has 0 aromatic rings. The van der Waals surface area contributed by atoms with Crippen molar-refractivity contribution in [2.75, 3.05) is 6.61 Å². The summed E-state index contributed by atoms with van der Waals surface area (Å²) < 4.78 is 40.8. The molecule has 3 nitrogen and oxygen atoms in total. The predicted octanol–water partition coefficient (Wildman–Crippen LogP) is 1.39. The number of halogens is 2. The van der Waals surface area contributed by atoms with Crippen molar-refractivity contribution in [2.45, 2.75) is 31.2 Å². The summed E-state index contributed by atoms with van der Waals surface area (Å²) in [6, 6.07) is 0. The van der Waals surface area contributed by atoms with Gasteiger partial charge in [-0.05, 0) is 6.92 Å². The van der Waals surface area contributed by atoms with E-state index in [0.29, 0.717) is 0 Å². The molecule has 7 heteroatoms. The fourth-order valence-electron chi connectivity index (χ4n) is 1.30. The van der Waals surface area contributed by atoms with Crippen LogP contribution in [0.2, 0.25) is 0 Å². The second-order valence-electron chi connectivity index (χ2n) is 2.88. The molecule has 13 heavy (non-hydrogen) atoms. The van der Waals surface area contributed by atoms with E-state index < -0.39 is 24.2 Å². The standard InChI is InChI=1S/C6H12F2O3P2/c1-3-6(7,8)5(11-13)4(10-3)2-9-12/h3-5H,2,12-13H2,1H3/t3-,4+,5?/m0/s1. The molecule has 3 unspecified atom stereocenters. The average Bonchev–Trinajstić information content (AvgIpc) is 2.24. The normalized spacial score (nSPS) is 38.1. The highest BCUT2D eigenvalue weighted by Crippen LogP contribution is 2.39. The van der Waals surface area contributed by atoms with Crippen LogP contribution in [-0.2, 0) is 13.8 Å². The van der Waals surface area contributed by atoms with E-state index in [1.807, 2.05) is 18.9 Å². The largest absolute Gasteiger partial charge is 0.364 e. The van der Waals surface area contributed by atoms with Gasteiger partial charge in [0.1, 0.15) is 12.2 Å². The summed E-state index contributed by atoms with van der Waals surface area (Å²) in [7, 11) is 3.82. The molecule has 0 N–H and O–H groups in total. The smallest absolute Gasteiger partial charge is 0.301 e. The highest BCUT2D eigenvalue weighted by Gasteiger charge is 2.57. The van der Waals surface area contributed by atoms with Gasteiger partial charge in [0.15, 0.2) is 6.10 Å². The van der Waals surface area contributed by atoms with Crippen LogP contribution in [0.5, 0.6) is 0 Å². The number of hydrogen-bond donors (Lipinski definition) is 0. The lowest BCUT2D eigenvalue weighted by atomic mass is 10.1. The Bertz CT molecular complexity index is 181. The monoisotopic (exact) mass is 232 g/mol. The Morgan fingerprint density at radius 2 is 2.08 bits per heavy atom. The number of ether oxygens (including phenoxy) is 1. The SMILES string of the molecule is C[C@@H]1O[C@H](COP)C(OP)C1(F)F. The van der Waals surface area contributed by atoms with Crippen molar-refractivity contribution in [1.29, 1.82) is 0 Å². The summed E-state index contributed by atoms with van der Waals surface area (Å²) in [6.07, 6.45) is -3.11. The first-order chi connectivity index (χ1) is 6.04. The molecule has 1 rings (SSSR count). The van der Waals surface area contributed by atoms with E-state index in [9.17, 15) is 8.78 Å². The van der Waals surface area contributed by atoms with Gasteiger partial charge in [0, 0.05) is 18.9 Å². The van der Waals surface area contributed by atoms with Gasteiger partial charge in [-0.25, -0.2) is 8.78 Å². The molecule has 0 spiro atoms. The van der Waals surface area contributed by atoms with Crippen LogP contribution in [0.15, 0.2) is 0 Å². The molecule has 0 aromatic heterocycles. The van der Waals surface area contributed by atoms with Gasteiger partial charge in [0.2, 0.25) is 0 Å². The molecule has 1 aliphatic heterocycles. The Kier molecular flexibility index (Phi) is 3.96. The van der Waals surface area contributed by atoms with Crippen molar-refractivity contribution < 1.29 is 22.6 Å². The third-order valence-electron chi connectivity index (χ3n) is 2.05. The maximum Gasteiger partial charge on any atom is 0.301 e. The van der Waals surface area contributed by atoms with E-state index in [-0.39, 0.29) is 6.61 Å². The summed E-state index contributed by atoms with van der Waals surface area (Å²) in [5.41, 5.74) is 0. The third-order valence-corrected chi connectivity index (χ3v) is 2.53. The first-order valence-electron chi connectivity index (χ1n) is 3.74. The summed E-state index contributed by atoms with van der Waals surface area (Å²) in [4.78, 5) is 0. The minimum absolute atomic E-state index is 0.0731.